The van der Waals surface area contributed by atoms with Gasteiger partial charge in [-0.05, 0) is 12.1 Å². The van der Waals surface area contributed by atoms with Crippen LogP contribution in [-0.2, 0) is 4.79 Å². The highest BCUT2D eigenvalue weighted by Crippen LogP contribution is 2.19. The highest BCUT2D eigenvalue weighted by molar-refractivity contribution is 6.29. The molecule has 1 N–H and O–H groups in total. The van der Waals surface area contributed by atoms with Gasteiger partial charge in [-0.1, -0.05) is 23.7 Å². The fourth-order valence-corrected chi connectivity index (χ4v) is 1.49. The van der Waals surface area contributed by atoms with Gasteiger partial charge in [-0.2, -0.15) is 0 Å². The minimum absolute atomic E-state index is 0.0935. The molecule has 0 fully saturated rings. The van der Waals surface area contributed by atoms with Crippen molar-refractivity contribution in [1.82, 2.24) is 9.97 Å². The average Bonchev–Trinajstić information content (AvgIpc) is 2.30. The van der Waals surface area contributed by atoms with Gasteiger partial charge in [-0.15, -0.1) is 0 Å². The summed E-state index contributed by atoms with van der Waals surface area (Å²) in [6.07, 6.45) is 3.11. The number of hydrogen-bond donors (Lipinski definition) is 1. The number of nitrogens with zero attached hydrogens (tertiary/aromatic N) is 2. The van der Waals surface area contributed by atoms with E-state index >= 15 is 0 Å². The lowest BCUT2D eigenvalue weighted by atomic mass is 10.1. The van der Waals surface area contributed by atoms with E-state index in [-0.39, 0.29) is 5.91 Å². The van der Waals surface area contributed by atoms with E-state index in [1.165, 1.54) is 13.1 Å². The molecule has 2 rings (SSSR count). The predicted molar refractivity (Wildman–Crippen MR) is 66.8 cm³/mol. The maximum Gasteiger partial charge on any atom is 0.221 e. The third-order valence-corrected chi connectivity index (χ3v) is 2.32. The summed E-state index contributed by atoms with van der Waals surface area (Å²) in [5.41, 5.74) is 2.41. The zero-order valence-electron chi connectivity index (χ0n) is 9.14. The van der Waals surface area contributed by atoms with Crippen LogP contribution in [0.3, 0.4) is 0 Å². The Kier molecular flexibility index (Phi) is 3.35. The Hall–Kier alpha value is -1.94. The lowest BCUT2D eigenvalue weighted by Crippen LogP contribution is -2.05. The Labute approximate surface area is 104 Å². The molecule has 0 aliphatic rings. The van der Waals surface area contributed by atoms with Crippen LogP contribution < -0.4 is 5.32 Å². The molecule has 1 aromatic heterocycles. The number of amides is 1. The van der Waals surface area contributed by atoms with Crippen molar-refractivity contribution in [3.8, 4) is 11.3 Å². The highest BCUT2D eigenvalue weighted by Gasteiger charge is 2.01. The summed E-state index contributed by atoms with van der Waals surface area (Å²) in [7, 11) is 0. The smallest absolute Gasteiger partial charge is 0.221 e. The van der Waals surface area contributed by atoms with E-state index in [4.69, 9.17) is 11.6 Å². The second-order valence-corrected chi connectivity index (χ2v) is 3.87. The van der Waals surface area contributed by atoms with Crippen molar-refractivity contribution in [2.75, 3.05) is 5.32 Å². The maximum atomic E-state index is 10.9. The topological polar surface area (TPSA) is 54.9 Å². The summed E-state index contributed by atoms with van der Waals surface area (Å²) in [4.78, 5) is 19.0. The van der Waals surface area contributed by atoms with Crippen LogP contribution >= 0.6 is 11.6 Å². The van der Waals surface area contributed by atoms with Crippen molar-refractivity contribution in [3.63, 3.8) is 0 Å². The number of nitrogens with one attached hydrogen (secondary N) is 1. The van der Waals surface area contributed by atoms with E-state index in [2.05, 4.69) is 15.3 Å². The lowest BCUT2D eigenvalue weighted by molar-refractivity contribution is -0.114. The summed E-state index contributed by atoms with van der Waals surface area (Å²) in [5.74, 6) is -0.0935. The molecule has 0 unspecified atom stereocenters. The van der Waals surface area contributed by atoms with E-state index in [1.54, 1.807) is 6.20 Å². The average molecular weight is 248 g/mol. The largest absolute Gasteiger partial charge is 0.326 e. The SMILES string of the molecule is CC(=O)Nc1ccc(-c2cnc(Cl)cn2)cc1. The molecule has 5 heteroatoms. The first kappa shape index (κ1) is 11.5. The number of anilines is 1. The number of hydrogen-bond acceptors (Lipinski definition) is 3. The van der Waals surface area contributed by atoms with E-state index in [9.17, 15) is 4.79 Å². The molecule has 0 spiro atoms. The third-order valence-electron chi connectivity index (χ3n) is 2.12. The third kappa shape index (κ3) is 3.01. The van der Waals surface area contributed by atoms with Crippen molar-refractivity contribution in [3.05, 3.63) is 41.8 Å². The zero-order valence-corrected chi connectivity index (χ0v) is 9.90. The van der Waals surface area contributed by atoms with Gasteiger partial charge in [0.1, 0.15) is 5.15 Å². The maximum absolute atomic E-state index is 10.9. The molecule has 86 valence electrons. The van der Waals surface area contributed by atoms with Crippen LogP contribution in [0.2, 0.25) is 5.15 Å². The molecule has 0 bridgehead atoms. The minimum Gasteiger partial charge on any atom is -0.326 e. The molecule has 0 aliphatic carbocycles. The first-order valence-corrected chi connectivity index (χ1v) is 5.38. The molecule has 2 aromatic rings. The van der Waals surface area contributed by atoms with Crippen molar-refractivity contribution < 1.29 is 4.79 Å². The summed E-state index contributed by atoms with van der Waals surface area (Å²) in [6.45, 7) is 1.47. The molecule has 4 nitrogen and oxygen atoms in total. The Balaban J connectivity index is 2.23. The van der Waals surface area contributed by atoms with Gasteiger partial charge in [0.15, 0.2) is 0 Å². The number of rotatable bonds is 2. The molecule has 1 amide bonds. The fourth-order valence-electron chi connectivity index (χ4n) is 1.39. The summed E-state index contributed by atoms with van der Waals surface area (Å²) in [5, 5.41) is 3.06. The van der Waals surface area contributed by atoms with E-state index in [0.717, 1.165) is 16.9 Å². The predicted octanol–water partition coefficient (Wildman–Crippen LogP) is 2.76. The van der Waals surface area contributed by atoms with Gasteiger partial charge in [0, 0.05) is 18.2 Å². The van der Waals surface area contributed by atoms with Crippen molar-refractivity contribution in [2.24, 2.45) is 0 Å². The van der Waals surface area contributed by atoms with E-state index in [0.29, 0.717) is 5.15 Å². The Morgan fingerprint density at radius 2 is 1.88 bits per heavy atom. The molecule has 0 atom stereocenters. The summed E-state index contributed by atoms with van der Waals surface area (Å²) in [6, 6.07) is 7.35. The highest BCUT2D eigenvalue weighted by atomic mass is 35.5. The molecular formula is C12H10ClN3O. The summed E-state index contributed by atoms with van der Waals surface area (Å²) < 4.78 is 0. The van der Waals surface area contributed by atoms with Crippen LogP contribution in [0, 0.1) is 0 Å². The van der Waals surface area contributed by atoms with Crippen LogP contribution in [0.25, 0.3) is 11.3 Å². The first-order chi connectivity index (χ1) is 8.15. The Morgan fingerprint density at radius 3 is 2.41 bits per heavy atom. The monoisotopic (exact) mass is 247 g/mol. The van der Waals surface area contributed by atoms with Crippen LogP contribution in [0.1, 0.15) is 6.92 Å². The fraction of sp³-hybridized carbons (Fsp3) is 0.0833. The standard InChI is InChI=1S/C12H10ClN3O/c1-8(17)16-10-4-2-9(3-5-10)11-6-15-12(13)7-14-11/h2-7H,1H3,(H,16,17). The van der Waals surface area contributed by atoms with Crippen LogP contribution in [-0.4, -0.2) is 15.9 Å². The Morgan fingerprint density at radius 1 is 1.18 bits per heavy atom. The number of carbonyl (C=O) groups is 1. The second-order valence-electron chi connectivity index (χ2n) is 3.48. The minimum atomic E-state index is -0.0935. The van der Waals surface area contributed by atoms with Gasteiger partial charge in [-0.3, -0.25) is 9.78 Å². The second kappa shape index (κ2) is 4.93. The lowest BCUT2D eigenvalue weighted by Gasteiger charge is -2.04. The number of benzene rings is 1. The molecule has 1 heterocycles. The van der Waals surface area contributed by atoms with Crippen LogP contribution in [0.5, 0.6) is 0 Å². The van der Waals surface area contributed by atoms with Gasteiger partial charge in [-0.25, -0.2) is 4.98 Å². The van der Waals surface area contributed by atoms with Crippen molar-refractivity contribution in [2.45, 2.75) is 6.92 Å². The van der Waals surface area contributed by atoms with E-state index in [1.807, 2.05) is 24.3 Å². The van der Waals surface area contributed by atoms with Crippen molar-refractivity contribution >= 4 is 23.2 Å². The Bertz CT molecular complexity index is 522. The quantitative estimate of drug-likeness (QED) is 0.888. The van der Waals surface area contributed by atoms with Crippen LogP contribution in [0.4, 0.5) is 5.69 Å². The number of halogens is 1. The van der Waals surface area contributed by atoms with Gasteiger partial charge in [0.05, 0.1) is 18.1 Å². The van der Waals surface area contributed by atoms with Gasteiger partial charge >= 0.3 is 0 Å². The van der Waals surface area contributed by atoms with Gasteiger partial charge in [0.25, 0.3) is 0 Å². The van der Waals surface area contributed by atoms with E-state index < -0.39 is 0 Å². The van der Waals surface area contributed by atoms with Gasteiger partial charge in [0.2, 0.25) is 5.91 Å². The molecular weight excluding hydrogens is 238 g/mol. The summed E-state index contributed by atoms with van der Waals surface area (Å²) >= 11 is 5.66. The van der Waals surface area contributed by atoms with Gasteiger partial charge < -0.3 is 5.32 Å². The molecule has 0 radical (unpaired) electrons. The normalized spacial score (nSPS) is 10.0. The van der Waals surface area contributed by atoms with Crippen molar-refractivity contribution in [1.29, 1.82) is 0 Å². The molecule has 1 aromatic carbocycles. The number of aromatic nitrogens is 2. The molecule has 17 heavy (non-hydrogen) atoms. The molecule has 0 aliphatic heterocycles. The molecule has 0 saturated heterocycles. The first-order valence-electron chi connectivity index (χ1n) is 5.01. The zero-order chi connectivity index (χ0) is 12.3. The number of carbonyl (C=O) groups excluding carboxylic acids is 1. The van der Waals surface area contributed by atoms with Crippen LogP contribution in [0.15, 0.2) is 36.7 Å². The molecule has 0 saturated carbocycles.